The molecule has 0 saturated heterocycles. The number of nitro groups is 1. The van der Waals surface area contributed by atoms with Crippen LogP contribution < -0.4 is 0 Å². The third-order valence-corrected chi connectivity index (χ3v) is 2.76. The van der Waals surface area contributed by atoms with Gasteiger partial charge in [0, 0.05) is 28.9 Å². The molecule has 1 aromatic rings. The molecule has 0 aromatic heterocycles. The number of nitrogens with zero attached hydrogens (tertiary/aromatic N) is 1. The molecule has 0 saturated carbocycles. The lowest BCUT2D eigenvalue weighted by atomic mass is 10.0. The Morgan fingerprint density at radius 2 is 2.12 bits per heavy atom. The van der Waals surface area contributed by atoms with Gasteiger partial charge in [-0.25, -0.2) is 0 Å². The normalized spacial score (nSPS) is 10.6. The van der Waals surface area contributed by atoms with Crippen LogP contribution in [0.5, 0.6) is 0 Å². The Morgan fingerprint density at radius 1 is 1.47 bits per heavy atom. The number of nitro benzene ring substituents is 1. The third kappa shape index (κ3) is 4.26. The minimum Gasteiger partial charge on any atom is -0.299 e. The minimum absolute atomic E-state index is 0.00491. The number of hydrogen-bond donors (Lipinski definition) is 0. The zero-order valence-corrected chi connectivity index (χ0v) is 11.4. The van der Waals surface area contributed by atoms with Gasteiger partial charge in [0.15, 0.2) is 0 Å². The Labute approximate surface area is 108 Å². The van der Waals surface area contributed by atoms with Gasteiger partial charge < -0.3 is 0 Å². The van der Waals surface area contributed by atoms with E-state index in [1.165, 1.54) is 6.07 Å². The summed E-state index contributed by atoms with van der Waals surface area (Å²) in [5, 5.41) is 10.8. The van der Waals surface area contributed by atoms with Crippen LogP contribution in [0.15, 0.2) is 22.7 Å². The van der Waals surface area contributed by atoms with Crippen molar-refractivity contribution < 1.29 is 9.72 Å². The second kappa shape index (κ2) is 5.91. The number of rotatable bonds is 5. The monoisotopic (exact) mass is 299 g/mol. The topological polar surface area (TPSA) is 60.2 Å². The number of benzene rings is 1. The van der Waals surface area contributed by atoms with E-state index in [4.69, 9.17) is 0 Å². The molecule has 1 aromatic carbocycles. The van der Waals surface area contributed by atoms with Gasteiger partial charge in [-0.05, 0) is 18.1 Å². The van der Waals surface area contributed by atoms with Crippen molar-refractivity contribution in [2.45, 2.75) is 26.7 Å². The molecule has 0 radical (unpaired) electrons. The van der Waals surface area contributed by atoms with Crippen molar-refractivity contribution in [3.8, 4) is 0 Å². The van der Waals surface area contributed by atoms with Gasteiger partial charge in [0.1, 0.15) is 5.78 Å². The molecule has 0 aliphatic carbocycles. The predicted molar refractivity (Wildman–Crippen MR) is 69.0 cm³/mol. The first-order valence-electron chi connectivity index (χ1n) is 5.34. The maximum atomic E-state index is 11.7. The zero-order valence-electron chi connectivity index (χ0n) is 9.77. The number of Topliss-reactive ketones (excluding diaryl/α,β-unsaturated/α-hetero) is 1. The van der Waals surface area contributed by atoms with Crippen molar-refractivity contribution >= 4 is 27.4 Å². The van der Waals surface area contributed by atoms with Gasteiger partial charge in [0.25, 0.3) is 5.69 Å². The molecular weight excluding hydrogens is 286 g/mol. The highest BCUT2D eigenvalue weighted by Crippen LogP contribution is 2.24. The fourth-order valence-corrected chi connectivity index (χ4v) is 2.02. The second-order valence-corrected chi connectivity index (χ2v) is 5.26. The molecule has 0 unspecified atom stereocenters. The average Bonchev–Trinajstić information content (AvgIpc) is 2.15. The molecule has 0 bridgehead atoms. The molecule has 0 N–H and O–H groups in total. The molecule has 0 amide bonds. The zero-order chi connectivity index (χ0) is 13.0. The van der Waals surface area contributed by atoms with E-state index < -0.39 is 4.92 Å². The lowest BCUT2D eigenvalue weighted by Crippen LogP contribution is -2.08. The average molecular weight is 300 g/mol. The Morgan fingerprint density at radius 3 is 2.65 bits per heavy atom. The third-order valence-electron chi connectivity index (χ3n) is 2.26. The summed E-state index contributed by atoms with van der Waals surface area (Å²) >= 11 is 3.25. The Hall–Kier alpha value is -1.23. The largest absolute Gasteiger partial charge is 0.299 e. The van der Waals surface area contributed by atoms with Gasteiger partial charge in [-0.2, -0.15) is 0 Å². The van der Waals surface area contributed by atoms with Gasteiger partial charge in [0.2, 0.25) is 0 Å². The first-order valence-corrected chi connectivity index (χ1v) is 6.14. The quantitative estimate of drug-likeness (QED) is 0.617. The highest BCUT2D eigenvalue weighted by molar-refractivity contribution is 9.10. The lowest BCUT2D eigenvalue weighted by Gasteiger charge is -2.05. The van der Waals surface area contributed by atoms with E-state index in [1.54, 1.807) is 12.1 Å². The molecular formula is C12H14BrNO3. The van der Waals surface area contributed by atoms with E-state index in [2.05, 4.69) is 15.9 Å². The molecule has 0 fully saturated rings. The summed E-state index contributed by atoms with van der Waals surface area (Å²) in [5.74, 6) is 0.301. The van der Waals surface area contributed by atoms with Gasteiger partial charge in [-0.3, -0.25) is 14.9 Å². The number of hydrogen-bond acceptors (Lipinski definition) is 3. The molecule has 0 heterocycles. The maximum Gasteiger partial charge on any atom is 0.273 e. The van der Waals surface area contributed by atoms with Crippen molar-refractivity contribution in [1.29, 1.82) is 0 Å². The van der Waals surface area contributed by atoms with E-state index in [-0.39, 0.29) is 23.8 Å². The van der Waals surface area contributed by atoms with Crippen LogP contribution in [0.25, 0.3) is 0 Å². The Bertz CT molecular complexity index is 443. The fraction of sp³-hybridized carbons (Fsp3) is 0.417. The van der Waals surface area contributed by atoms with Crippen molar-refractivity contribution in [2.24, 2.45) is 5.92 Å². The summed E-state index contributed by atoms with van der Waals surface area (Å²) in [7, 11) is 0. The Kier molecular flexibility index (Phi) is 4.81. The summed E-state index contributed by atoms with van der Waals surface area (Å²) in [5.41, 5.74) is 0.473. The van der Waals surface area contributed by atoms with Gasteiger partial charge in [0.05, 0.1) is 4.92 Å². The van der Waals surface area contributed by atoms with Crippen molar-refractivity contribution in [3.05, 3.63) is 38.3 Å². The molecule has 92 valence electrons. The fourth-order valence-electron chi connectivity index (χ4n) is 1.61. The van der Waals surface area contributed by atoms with Crippen molar-refractivity contribution in [1.82, 2.24) is 0 Å². The Balaban J connectivity index is 2.92. The van der Waals surface area contributed by atoms with Crippen LogP contribution in [-0.2, 0) is 11.2 Å². The molecule has 0 aliphatic rings. The van der Waals surface area contributed by atoms with Crippen LogP contribution >= 0.6 is 15.9 Å². The van der Waals surface area contributed by atoms with Crippen molar-refractivity contribution in [3.63, 3.8) is 0 Å². The van der Waals surface area contributed by atoms with Crippen molar-refractivity contribution in [2.75, 3.05) is 0 Å². The first-order chi connectivity index (χ1) is 7.90. The van der Waals surface area contributed by atoms with E-state index in [1.807, 2.05) is 13.8 Å². The van der Waals surface area contributed by atoms with E-state index >= 15 is 0 Å². The maximum absolute atomic E-state index is 11.7. The number of carbonyl (C=O) groups excluding carboxylic acids is 1. The van der Waals surface area contributed by atoms with Gasteiger partial charge in [-0.15, -0.1) is 0 Å². The lowest BCUT2D eigenvalue weighted by molar-refractivity contribution is -0.385. The first kappa shape index (κ1) is 13.8. The van der Waals surface area contributed by atoms with Crippen LogP contribution in [0.2, 0.25) is 0 Å². The molecule has 1 rings (SSSR count). The predicted octanol–water partition coefficient (Wildman–Crippen LogP) is 3.52. The number of carbonyl (C=O) groups is 1. The minimum atomic E-state index is -0.454. The summed E-state index contributed by atoms with van der Waals surface area (Å²) < 4.78 is 0.746. The highest BCUT2D eigenvalue weighted by Gasteiger charge is 2.17. The molecule has 5 heteroatoms. The standard InChI is InChI=1S/C12H14BrNO3/c1-8(2)5-11(15)7-9-6-10(13)3-4-12(9)14(16)17/h3-4,6,8H,5,7H2,1-2H3. The second-order valence-electron chi connectivity index (χ2n) is 4.34. The van der Waals surface area contributed by atoms with E-state index in [0.717, 1.165) is 4.47 Å². The van der Waals surface area contributed by atoms with Crippen LogP contribution in [0, 0.1) is 16.0 Å². The molecule has 0 atom stereocenters. The number of halogens is 1. The van der Waals surface area contributed by atoms with Crippen LogP contribution in [0.4, 0.5) is 5.69 Å². The summed E-state index contributed by atoms with van der Waals surface area (Å²) in [6.45, 7) is 3.90. The summed E-state index contributed by atoms with van der Waals surface area (Å²) in [4.78, 5) is 22.0. The SMILES string of the molecule is CC(C)CC(=O)Cc1cc(Br)ccc1[N+](=O)[O-]. The molecule has 0 aliphatic heterocycles. The van der Waals surface area contributed by atoms with Crippen LogP contribution in [-0.4, -0.2) is 10.7 Å². The molecule has 4 nitrogen and oxygen atoms in total. The van der Waals surface area contributed by atoms with E-state index in [0.29, 0.717) is 12.0 Å². The van der Waals surface area contributed by atoms with E-state index in [9.17, 15) is 14.9 Å². The molecule has 0 spiro atoms. The summed E-state index contributed by atoms with van der Waals surface area (Å²) in [6.07, 6.45) is 0.567. The van der Waals surface area contributed by atoms with Gasteiger partial charge >= 0.3 is 0 Å². The molecule has 17 heavy (non-hydrogen) atoms. The number of ketones is 1. The summed E-state index contributed by atoms with van der Waals surface area (Å²) in [6, 6.07) is 4.66. The van der Waals surface area contributed by atoms with Crippen LogP contribution in [0.3, 0.4) is 0 Å². The highest BCUT2D eigenvalue weighted by atomic mass is 79.9. The van der Waals surface area contributed by atoms with Crippen LogP contribution in [0.1, 0.15) is 25.8 Å². The van der Waals surface area contributed by atoms with Gasteiger partial charge in [-0.1, -0.05) is 29.8 Å². The smallest absolute Gasteiger partial charge is 0.273 e.